The number of hydrogen-bond acceptors (Lipinski definition) is 6. The Hall–Kier alpha value is -2.18. The Morgan fingerprint density at radius 1 is 1.24 bits per heavy atom. The molecule has 0 amide bonds. The zero-order valence-electron chi connectivity index (χ0n) is 11.6. The number of aromatic nitrogens is 1. The van der Waals surface area contributed by atoms with E-state index in [1.807, 2.05) is 36.6 Å². The van der Waals surface area contributed by atoms with Crippen molar-refractivity contribution < 1.29 is 0 Å². The summed E-state index contributed by atoms with van der Waals surface area (Å²) in [6, 6.07) is 11.9. The minimum absolute atomic E-state index is 0.408. The fraction of sp³-hybridized carbons (Fsp3) is 0.133. The summed E-state index contributed by atoms with van der Waals surface area (Å²) in [5.74, 6) is 6.14. The molecule has 0 saturated heterocycles. The summed E-state index contributed by atoms with van der Waals surface area (Å²) >= 11 is 1.69. The number of benzene rings is 1. The van der Waals surface area contributed by atoms with Crippen molar-refractivity contribution in [2.45, 2.75) is 4.90 Å². The molecule has 0 bridgehead atoms. The summed E-state index contributed by atoms with van der Waals surface area (Å²) in [7, 11) is 0. The van der Waals surface area contributed by atoms with E-state index < -0.39 is 0 Å². The van der Waals surface area contributed by atoms with E-state index in [-0.39, 0.29) is 0 Å². The van der Waals surface area contributed by atoms with Gasteiger partial charge in [-0.15, -0.1) is 11.8 Å². The largest absolute Gasteiger partial charge is 0.310 e. The van der Waals surface area contributed by atoms with E-state index >= 15 is 0 Å². The van der Waals surface area contributed by atoms with E-state index in [0.29, 0.717) is 12.4 Å². The van der Waals surface area contributed by atoms with Crippen molar-refractivity contribution in [3.63, 3.8) is 0 Å². The lowest BCUT2D eigenvalue weighted by atomic mass is 10.0. The molecule has 1 aliphatic heterocycles. The number of thioether (sulfide) groups is 1. The number of amidine groups is 1. The molecule has 1 aromatic carbocycles. The molecule has 5 nitrogen and oxygen atoms in total. The first-order chi connectivity index (χ1) is 10.3. The zero-order valence-corrected chi connectivity index (χ0v) is 12.4. The van der Waals surface area contributed by atoms with Gasteiger partial charge in [0.25, 0.3) is 0 Å². The highest BCUT2D eigenvalue weighted by Gasteiger charge is 2.17. The number of rotatable bonds is 2. The van der Waals surface area contributed by atoms with Gasteiger partial charge in [-0.3, -0.25) is 9.98 Å². The molecular weight excluding hydrogens is 282 g/mol. The van der Waals surface area contributed by atoms with Gasteiger partial charge in [0, 0.05) is 16.7 Å². The van der Waals surface area contributed by atoms with Gasteiger partial charge < -0.3 is 5.43 Å². The third-order valence-corrected chi connectivity index (χ3v) is 3.90. The lowest BCUT2D eigenvalue weighted by Crippen LogP contribution is -2.32. The average Bonchev–Trinajstić information content (AvgIpc) is 2.74. The average molecular weight is 297 g/mol. The molecule has 0 fully saturated rings. The fourth-order valence-electron chi connectivity index (χ4n) is 2.15. The minimum Gasteiger partial charge on any atom is -0.310 e. The van der Waals surface area contributed by atoms with Crippen molar-refractivity contribution in [1.29, 1.82) is 0 Å². The molecule has 1 aliphatic rings. The van der Waals surface area contributed by atoms with Crippen molar-refractivity contribution in [2.75, 3.05) is 12.8 Å². The third-order valence-electron chi connectivity index (χ3n) is 3.18. The SMILES string of the molecule is CSc1ccc2c(c1)C(c1ccccn1)=NCC(NN)=N2. The molecule has 3 N–H and O–H groups in total. The van der Waals surface area contributed by atoms with Crippen molar-refractivity contribution in [3.8, 4) is 0 Å². The molecule has 2 aromatic rings. The smallest absolute Gasteiger partial charge is 0.138 e. The Labute approximate surface area is 127 Å². The van der Waals surface area contributed by atoms with Crippen molar-refractivity contribution in [2.24, 2.45) is 15.8 Å². The van der Waals surface area contributed by atoms with Crippen LogP contribution in [0.5, 0.6) is 0 Å². The maximum Gasteiger partial charge on any atom is 0.138 e. The second-order valence-corrected chi connectivity index (χ2v) is 5.35. The van der Waals surface area contributed by atoms with Crippen molar-refractivity contribution in [1.82, 2.24) is 10.4 Å². The molecule has 0 aliphatic carbocycles. The Kier molecular flexibility index (Phi) is 3.98. The highest BCUT2D eigenvalue weighted by molar-refractivity contribution is 7.98. The van der Waals surface area contributed by atoms with Crippen LogP contribution in [0.15, 0.2) is 57.5 Å². The Morgan fingerprint density at radius 3 is 2.86 bits per heavy atom. The predicted molar refractivity (Wildman–Crippen MR) is 87.4 cm³/mol. The van der Waals surface area contributed by atoms with Crippen molar-refractivity contribution >= 4 is 29.0 Å². The summed E-state index contributed by atoms with van der Waals surface area (Å²) in [4.78, 5) is 14.7. The number of pyridine rings is 1. The summed E-state index contributed by atoms with van der Waals surface area (Å²) in [6.45, 7) is 0.408. The molecule has 0 atom stereocenters. The van der Waals surface area contributed by atoms with Crippen LogP contribution < -0.4 is 11.3 Å². The highest BCUT2D eigenvalue weighted by Crippen LogP contribution is 2.28. The second kappa shape index (κ2) is 6.07. The Bertz CT molecular complexity index is 709. The van der Waals surface area contributed by atoms with E-state index in [9.17, 15) is 0 Å². The molecule has 21 heavy (non-hydrogen) atoms. The molecule has 6 heteroatoms. The van der Waals surface area contributed by atoms with Crippen LogP contribution in [0.3, 0.4) is 0 Å². The predicted octanol–water partition coefficient (Wildman–Crippen LogP) is 2.15. The summed E-state index contributed by atoms with van der Waals surface area (Å²) in [5.41, 5.74) is 6.11. The van der Waals surface area contributed by atoms with E-state index in [4.69, 9.17) is 5.84 Å². The first kappa shape index (κ1) is 13.8. The molecule has 3 rings (SSSR count). The quantitative estimate of drug-likeness (QED) is 0.506. The number of nitrogens with zero attached hydrogens (tertiary/aromatic N) is 3. The number of nitrogens with two attached hydrogens (primary N) is 1. The van der Waals surface area contributed by atoms with Crippen LogP contribution >= 0.6 is 11.8 Å². The number of nitrogens with one attached hydrogen (secondary N) is 1. The van der Waals surface area contributed by atoms with Crippen LogP contribution in [0.1, 0.15) is 11.3 Å². The van der Waals surface area contributed by atoms with Crippen LogP contribution in [0.2, 0.25) is 0 Å². The number of hydrazine groups is 1. The standard InChI is InChI=1S/C15H15N5S/c1-21-10-5-6-12-11(8-10)15(13-4-2-3-7-17-13)18-9-14(19-12)20-16/h2-8H,9,16H2,1H3,(H,19,20). The number of fused-ring (bicyclic) bond motifs is 1. The van der Waals surface area contributed by atoms with Gasteiger partial charge >= 0.3 is 0 Å². The molecule has 2 heterocycles. The molecule has 0 spiro atoms. The van der Waals surface area contributed by atoms with E-state index in [2.05, 4.69) is 26.5 Å². The van der Waals surface area contributed by atoms with Gasteiger partial charge in [-0.2, -0.15) is 0 Å². The van der Waals surface area contributed by atoms with Gasteiger partial charge in [0.15, 0.2) is 0 Å². The monoisotopic (exact) mass is 297 g/mol. The number of hydrogen-bond donors (Lipinski definition) is 2. The zero-order chi connectivity index (χ0) is 14.7. The molecule has 0 radical (unpaired) electrons. The van der Waals surface area contributed by atoms with Gasteiger partial charge in [-0.1, -0.05) is 6.07 Å². The maximum atomic E-state index is 5.50. The minimum atomic E-state index is 0.408. The van der Waals surface area contributed by atoms with Crippen LogP contribution in [-0.2, 0) is 0 Å². The summed E-state index contributed by atoms with van der Waals surface area (Å²) in [5, 5.41) is 0. The Balaban J connectivity index is 2.18. The van der Waals surface area contributed by atoms with Crippen LogP contribution in [0, 0.1) is 0 Å². The molecule has 1 aromatic heterocycles. The van der Waals surface area contributed by atoms with E-state index in [1.165, 1.54) is 0 Å². The molecule has 0 unspecified atom stereocenters. The van der Waals surface area contributed by atoms with Gasteiger partial charge in [0.1, 0.15) is 5.84 Å². The van der Waals surface area contributed by atoms with Crippen molar-refractivity contribution in [3.05, 3.63) is 53.9 Å². The first-order valence-electron chi connectivity index (χ1n) is 6.50. The molecule has 106 valence electrons. The fourth-order valence-corrected chi connectivity index (χ4v) is 2.59. The Morgan fingerprint density at radius 2 is 2.14 bits per heavy atom. The number of aliphatic imine (C=N–C) groups is 2. The van der Waals surface area contributed by atoms with E-state index in [0.717, 1.165) is 27.6 Å². The maximum absolute atomic E-state index is 5.50. The lowest BCUT2D eigenvalue weighted by Gasteiger charge is -2.09. The van der Waals surface area contributed by atoms with Crippen LogP contribution in [0.4, 0.5) is 5.69 Å². The third kappa shape index (κ3) is 2.81. The van der Waals surface area contributed by atoms with Gasteiger partial charge in [-0.25, -0.2) is 10.8 Å². The topological polar surface area (TPSA) is 75.7 Å². The van der Waals surface area contributed by atoms with Crippen LogP contribution in [-0.4, -0.2) is 29.3 Å². The van der Waals surface area contributed by atoms with E-state index in [1.54, 1.807) is 18.0 Å². The van der Waals surface area contributed by atoms with Gasteiger partial charge in [0.2, 0.25) is 0 Å². The first-order valence-corrected chi connectivity index (χ1v) is 7.72. The summed E-state index contributed by atoms with van der Waals surface area (Å²) in [6.07, 6.45) is 3.82. The van der Waals surface area contributed by atoms with Gasteiger partial charge in [0.05, 0.1) is 23.6 Å². The highest BCUT2D eigenvalue weighted by atomic mass is 32.2. The van der Waals surface area contributed by atoms with Crippen LogP contribution in [0.25, 0.3) is 0 Å². The lowest BCUT2D eigenvalue weighted by molar-refractivity contribution is 0.992. The molecule has 0 saturated carbocycles. The second-order valence-electron chi connectivity index (χ2n) is 4.47. The normalized spacial score (nSPS) is 13.8. The van der Waals surface area contributed by atoms with Gasteiger partial charge in [-0.05, 0) is 36.6 Å². The summed E-state index contributed by atoms with van der Waals surface area (Å²) < 4.78 is 0. The molecular formula is C15H15N5S.